The number of hydrogen-bond donors (Lipinski definition) is 2. The van der Waals surface area contributed by atoms with Gasteiger partial charge in [0.05, 0.1) is 11.5 Å². The fourth-order valence-electron chi connectivity index (χ4n) is 1.23. The number of nitrogens with zero attached hydrogens (tertiary/aromatic N) is 3. The Labute approximate surface area is 95.2 Å². The second-order valence-electron chi connectivity index (χ2n) is 4.58. The molecule has 1 aromatic rings. The molecule has 0 saturated carbocycles. The maximum Gasteiger partial charge on any atom is 0.227 e. The number of nitrogens with one attached hydrogen (secondary N) is 1. The molecule has 1 heterocycles. The van der Waals surface area contributed by atoms with Crippen LogP contribution < -0.4 is 11.1 Å². The van der Waals surface area contributed by atoms with Crippen LogP contribution in [0.15, 0.2) is 6.33 Å². The van der Waals surface area contributed by atoms with Gasteiger partial charge in [-0.15, -0.1) is 10.2 Å². The summed E-state index contributed by atoms with van der Waals surface area (Å²) in [6.07, 6.45) is 1.60. The first kappa shape index (κ1) is 12.6. The third kappa shape index (κ3) is 2.57. The predicted octanol–water partition coefficient (Wildman–Crippen LogP) is -0.0228. The van der Waals surface area contributed by atoms with Gasteiger partial charge in [-0.05, 0) is 20.8 Å². The highest BCUT2D eigenvalue weighted by Crippen LogP contribution is 2.15. The van der Waals surface area contributed by atoms with Crippen molar-refractivity contribution in [2.75, 3.05) is 6.54 Å². The van der Waals surface area contributed by atoms with Gasteiger partial charge in [0.1, 0.15) is 6.33 Å². The van der Waals surface area contributed by atoms with Crippen molar-refractivity contribution in [3.63, 3.8) is 0 Å². The molecule has 16 heavy (non-hydrogen) atoms. The normalized spacial score (nSPS) is 13.6. The molecule has 0 fully saturated rings. The van der Waals surface area contributed by atoms with E-state index in [4.69, 9.17) is 5.73 Å². The van der Waals surface area contributed by atoms with E-state index in [1.54, 1.807) is 10.9 Å². The number of aromatic nitrogens is 3. The molecule has 0 aliphatic heterocycles. The summed E-state index contributed by atoms with van der Waals surface area (Å²) in [4.78, 5) is 11.9. The molecule has 90 valence electrons. The standard InChI is InChI=1S/C10H19N5O/c1-7(8-14-12-6-15(8)4)13-9(16)10(2,3)5-11/h6-7H,5,11H2,1-4H3,(H,13,16). The molecule has 1 rings (SSSR count). The van der Waals surface area contributed by atoms with Crippen LogP contribution in [0.3, 0.4) is 0 Å². The van der Waals surface area contributed by atoms with Gasteiger partial charge >= 0.3 is 0 Å². The van der Waals surface area contributed by atoms with Crippen molar-refractivity contribution in [3.8, 4) is 0 Å². The molecule has 0 saturated heterocycles. The number of rotatable bonds is 4. The molecule has 1 aromatic heterocycles. The van der Waals surface area contributed by atoms with Gasteiger partial charge in [-0.1, -0.05) is 0 Å². The van der Waals surface area contributed by atoms with Gasteiger partial charge in [-0.3, -0.25) is 4.79 Å². The number of hydrogen-bond acceptors (Lipinski definition) is 4. The first-order chi connectivity index (χ1) is 7.38. The maximum absolute atomic E-state index is 11.9. The Kier molecular flexibility index (Phi) is 3.64. The number of nitrogens with two attached hydrogens (primary N) is 1. The fourth-order valence-corrected chi connectivity index (χ4v) is 1.23. The molecule has 0 bridgehead atoms. The summed E-state index contributed by atoms with van der Waals surface area (Å²) in [7, 11) is 1.84. The van der Waals surface area contributed by atoms with E-state index in [0.29, 0.717) is 6.54 Å². The topological polar surface area (TPSA) is 85.8 Å². The molecule has 0 aliphatic rings. The summed E-state index contributed by atoms with van der Waals surface area (Å²) >= 11 is 0. The predicted molar refractivity (Wildman–Crippen MR) is 60.4 cm³/mol. The van der Waals surface area contributed by atoms with Crippen LogP contribution in [0, 0.1) is 5.41 Å². The Bertz CT molecular complexity index is 371. The van der Waals surface area contributed by atoms with Gasteiger partial charge in [0.2, 0.25) is 5.91 Å². The van der Waals surface area contributed by atoms with Crippen LogP contribution in [-0.4, -0.2) is 27.2 Å². The van der Waals surface area contributed by atoms with Crippen LogP contribution in [0.25, 0.3) is 0 Å². The fraction of sp³-hybridized carbons (Fsp3) is 0.700. The summed E-state index contributed by atoms with van der Waals surface area (Å²) in [5.74, 6) is 0.645. The minimum Gasteiger partial charge on any atom is -0.346 e. The van der Waals surface area contributed by atoms with Gasteiger partial charge in [0.15, 0.2) is 5.82 Å². The Morgan fingerprint density at radius 1 is 1.69 bits per heavy atom. The van der Waals surface area contributed by atoms with E-state index in [9.17, 15) is 4.79 Å². The molecule has 0 radical (unpaired) electrons. The lowest BCUT2D eigenvalue weighted by Gasteiger charge is -2.23. The molecular formula is C10H19N5O. The summed E-state index contributed by atoms with van der Waals surface area (Å²) in [6.45, 7) is 5.80. The van der Waals surface area contributed by atoms with Gasteiger partial charge in [-0.25, -0.2) is 0 Å². The first-order valence-electron chi connectivity index (χ1n) is 5.23. The minimum atomic E-state index is -0.563. The molecule has 1 atom stereocenters. The zero-order chi connectivity index (χ0) is 12.3. The van der Waals surface area contributed by atoms with Crippen LogP contribution in [0.5, 0.6) is 0 Å². The molecule has 0 spiro atoms. The Balaban J connectivity index is 2.69. The monoisotopic (exact) mass is 225 g/mol. The van der Waals surface area contributed by atoms with Crippen molar-refractivity contribution < 1.29 is 4.79 Å². The highest BCUT2D eigenvalue weighted by Gasteiger charge is 2.27. The lowest BCUT2D eigenvalue weighted by molar-refractivity contribution is -0.129. The molecule has 1 amide bonds. The number of amides is 1. The number of carbonyl (C=O) groups is 1. The smallest absolute Gasteiger partial charge is 0.227 e. The summed E-state index contributed by atoms with van der Waals surface area (Å²) in [5.41, 5.74) is 4.97. The summed E-state index contributed by atoms with van der Waals surface area (Å²) < 4.78 is 1.78. The van der Waals surface area contributed by atoms with Gasteiger partial charge in [0.25, 0.3) is 0 Å². The molecule has 0 aliphatic carbocycles. The Hall–Kier alpha value is -1.43. The molecule has 0 aromatic carbocycles. The quantitative estimate of drug-likeness (QED) is 0.754. The van der Waals surface area contributed by atoms with Crippen LogP contribution in [0.1, 0.15) is 32.6 Å². The van der Waals surface area contributed by atoms with Gasteiger partial charge in [-0.2, -0.15) is 0 Å². The van der Waals surface area contributed by atoms with Crippen molar-refractivity contribution in [2.24, 2.45) is 18.2 Å². The average molecular weight is 225 g/mol. The third-order valence-electron chi connectivity index (χ3n) is 2.61. The van der Waals surface area contributed by atoms with E-state index in [0.717, 1.165) is 5.82 Å². The number of carbonyl (C=O) groups excluding carboxylic acids is 1. The highest BCUT2D eigenvalue weighted by atomic mass is 16.2. The molecule has 1 unspecified atom stereocenters. The lowest BCUT2D eigenvalue weighted by atomic mass is 9.92. The van der Waals surface area contributed by atoms with Gasteiger partial charge < -0.3 is 15.6 Å². The van der Waals surface area contributed by atoms with E-state index in [1.807, 2.05) is 27.8 Å². The highest BCUT2D eigenvalue weighted by molar-refractivity contribution is 5.82. The van der Waals surface area contributed by atoms with E-state index < -0.39 is 5.41 Å². The van der Waals surface area contributed by atoms with Gasteiger partial charge in [0, 0.05) is 13.6 Å². The molecule has 6 nitrogen and oxygen atoms in total. The Morgan fingerprint density at radius 3 is 2.75 bits per heavy atom. The van der Waals surface area contributed by atoms with Crippen LogP contribution in [0.2, 0.25) is 0 Å². The summed E-state index contributed by atoms with van der Waals surface area (Å²) in [5, 5.41) is 10.6. The van der Waals surface area contributed by atoms with Crippen molar-refractivity contribution in [3.05, 3.63) is 12.2 Å². The average Bonchev–Trinajstić information content (AvgIpc) is 2.64. The lowest BCUT2D eigenvalue weighted by Crippen LogP contribution is -2.43. The van der Waals surface area contributed by atoms with E-state index in [2.05, 4.69) is 15.5 Å². The third-order valence-corrected chi connectivity index (χ3v) is 2.61. The second kappa shape index (κ2) is 4.61. The zero-order valence-corrected chi connectivity index (χ0v) is 10.2. The van der Waals surface area contributed by atoms with E-state index in [1.165, 1.54) is 0 Å². The summed E-state index contributed by atoms with van der Waals surface area (Å²) in [6, 6.07) is -0.175. The minimum absolute atomic E-state index is 0.0782. The maximum atomic E-state index is 11.9. The van der Waals surface area contributed by atoms with Crippen molar-refractivity contribution in [2.45, 2.75) is 26.8 Å². The second-order valence-corrected chi connectivity index (χ2v) is 4.58. The SMILES string of the molecule is CC(NC(=O)C(C)(C)CN)c1nncn1C. The molecule has 3 N–H and O–H groups in total. The van der Waals surface area contributed by atoms with E-state index >= 15 is 0 Å². The largest absolute Gasteiger partial charge is 0.346 e. The molecular weight excluding hydrogens is 206 g/mol. The van der Waals surface area contributed by atoms with Crippen LogP contribution in [-0.2, 0) is 11.8 Å². The van der Waals surface area contributed by atoms with E-state index in [-0.39, 0.29) is 11.9 Å². The first-order valence-corrected chi connectivity index (χ1v) is 5.23. The Morgan fingerprint density at radius 2 is 2.31 bits per heavy atom. The van der Waals surface area contributed by atoms with Crippen molar-refractivity contribution >= 4 is 5.91 Å². The molecule has 6 heteroatoms. The van der Waals surface area contributed by atoms with Crippen molar-refractivity contribution in [1.29, 1.82) is 0 Å². The van der Waals surface area contributed by atoms with Crippen LogP contribution >= 0.6 is 0 Å². The zero-order valence-electron chi connectivity index (χ0n) is 10.2. The van der Waals surface area contributed by atoms with Crippen molar-refractivity contribution in [1.82, 2.24) is 20.1 Å². The number of aryl methyl sites for hydroxylation is 1. The van der Waals surface area contributed by atoms with Crippen LogP contribution in [0.4, 0.5) is 0 Å².